The molecule has 1 aliphatic heterocycles. The van der Waals surface area contributed by atoms with Gasteiger partial charge >= 0.3 is 15.6 Å². The third-order valence-electron chi connectivity index (χ3n) is 2.01. The standard InChI is InChI=1S/C7H10N4O7P2/c12-19(13,14)18-20(15,16)17-4-6-10-3-5-7(11-6)9-2-1-8-5/h1-3,6H,4H2,(H,9,11)(H,15,16)(H2,12,13,14). The fourth-order valence-electron chi connectivity index (χ4n) is 1.32. The first kappa shape index (κ1) is 15.2. The van der Waals surface area contributed by atoms with Crippen molar-refractivity contribution >= 4 is 27.7 Å². The van der Waals surface area contributed by atoms with E-state index in [-0.39, 0.29) is 0 Å². The third-order valence-corrected chi connectivity index (χ3v) is 4.16. The average Bonchev–Trinajstić information content (AvgIpc) is 2.33. The topological polar surface area (TPSA) is 163 Å². The van der Waals surface area contributed by atoms with Crippen LogP contribution < -0.4 is 5.32 Å². The summed E-state index contributed by atoms with van der Waals surface area (Å²) in [5.41, 5.74) is 0.488. The van der Waals surface area contributed by atoms with Gasteiger partial charge in [-0.2, -0.15) is 4.31 Å². The summed E-state index contributed by atoms with van der Waals surface area (Å²) in [4.78, 5) is 37.8. The van der Waals surface area contributed by atoms with Crippen LogP contribution >= 0.6 is 15.6 Å². The molecule has 4 N–H and O–H groups in total. The minimum absolute atomic E-state index is 0.403. The van der Waals surface area contributed by atoms with Crippen LogP contribution in [0.2, 0.25) is 0 Å². The van der Waals surface area contributed by atoms with E-state index in [2.05, 4.69) is 29.1 Å². The van der Waals surface area contributed by atoms with Gasteiger partial charge in [-0.25, -0.2) is 19.1 Å². The van der Waals surface area contributed by atoms with Gasteiger partial charge in [0.05, 0.1) is 12.8 Å². The molecule has 2 heterocycles. The van der Waals surface area contributed by atoms with Gasteiger partial charge in [0.2, 0.25) is 0 Å². The highest BCUT2D eigenvalue weighted by atomic mass is 31.3. The van der Waals surface area contributed by atoms with Crippen LogP contribution in [0.25, 0.3) is 0 Å². The van der Waals surface area contributed by atoms with Gasteiger partial charge in [0.1, 0.15) is 11.9 Å². The second-order valence-electron chi connectivity index (χ2n) is 3.57. The van der Waals surface area contributed by atoms with Crippen molar-refractivity contribution in [3.8, 4) is 0 Å². The number of phosphoric ester groups is 1. The first-order valence-corrected chi connectivity index (χ1v) is 8.13. The van der Waals surface area contributed by atoms with Crippen molar-refractivity contribution < 1.29 is 32.6 Å². The molecule has 0 fully saturated rings. The molecule has 0 amide bonds. The molecular formula is C7H10N4O7P2. The largest absolute Gasteiger partial charge is 0.481 e. The molecule has 0 aromatic carbocycles. The van der Waals surface area contributed by atoms with Crippen LogP contribution in [0.4, 0.5) is 5.82 Å². The lowest BCUT2D eigenvalue weighted by Crippen LogP contribution is -2.27. The molecule has 0 radical (unpaired) electrons. The Morgan fingerprint density at radius 2 is 1.95 bits per heavy atom. The second kappa shape index (κ2) is 5.66. The van der Waals surface area contributed by atoms with Crippen molar-refractivity contribution in [2.45, 2.75) is 6.17 Å². The summed E-state index contributed by atoms with van der Waals surface area (Å²) >= 11 is 0. The van der Waals surface area contributed by atoms with E-state index in [1.165, 1.54) is 18.6 Å². The predicted molar refractivity (Wildman–Crippen MR) is 65.9 cm³/mol. The molecule has 1 aromatic heterocycles. The number of hydrogen-bond acceptors (Lipinski definition) is 8. The second-order valence-corrected chi connectivity index (χ2v) is 6.39. The number of fused-ring (bicyclic) bond motifs is 1. The molecule has 11 nitrogen and oxygen atoms in total. The minimum atomic E-state index is -5.13. The zero-order chi connectivity index (χ0) is 14.8. The lowest BCUT2D eigenvalue weighted by molar-refractivity contribution is 0.174. The zero-order valence-electron chi connectivity index (χ0n) is 9.73. The summed E-state index contributed by atoms with van der Waals surface area (Å²) in [6.45, 7) is -0.458. The van der Waals surface area contributed by atoms with E-state index >= 15 is 0 Å². The van der Waals surface area contributed by atoms with Crippen molar-refractivity contribution in [3.05, 3.63) is 18.1 Å². The first-order valence-electron chi connectivity index (χ1n) is 5.10. The first-order chi connectivity index (χ1) is 9.25. The molecule has 0 spiro atoms. The molecule has 0 saturated heterocycles. The number of phosphoric acid groups is 2. The molecular weight excluding hydrogens is 314 g/mol. The van der Waals surface area contributed by atoms with Crippen LogP contribution in [-0.4, -0.2) is 43.6 Å². The Bertz CT molecular complexity index is 617. The fourth-order valence-corrected chi connectivity index (χ4v) is 2.91. The number of nitrogens with one attached hydrogen (secondary N) is 1. The van der Waals surface area contributed by atoms with Crippen LogP contribution in [0.3, 0.4) is 0 Å². The Balaban J connectivity index is 1.94. The number of nitrogens with zero attached hydrogens (tertiary/aromatic N) is 3. The van der Waals surface area contributed by atoms with E-state index in [0.29, 0.717) is 11.5 Å². The van der Waals surface area contributed by atoms with Gasteiger partial charge in [0, 0.05) is 12.4 Å². The van der Waals surface area contributed by atoms with Gasteiger partial charge in [-0.05, 0) is 0 Å². The van der Waals surface area contributed by atoms with E-state index in [4.69, 9.17) is 14.7 Å². The van der Waals surface area contributed by atoms with Gasteiger partial charge in [-0.3, -0.25) is 9.52 Å². The summed E-state index contributed by atoms with van der Waals surface area (Å²) in [6, 6.07) is 0. The molecule has 20 heavy (non-hydrogen) atoms. The average molecular weight is 324 g/mol. The highest BCUT2D eigenvalue weighted by Crippen LogP contribution is 2.57. The summed E-state index contributed by atoms with van der Waals surface area (Å²) in [6.07, 6.45) is 3.54. The van der Waals surface area contributed by atoms with E-state index in [1.54, 1.807) is 0 Å². The molecule has 1 aliphatic rings. The molecule has 0 aliphatic carbocycles. The molecule has 0 bridgehead atoms. The third kappa shape index (κ3) is 4.43. The summed E-state index contributed by atoms with van der Waals surface area (Å²) in [5, 5.41) is 2.75. The van der Waals surface area contributed by atoms with Gasteiger partial charge < -0.3 is 20.0 Å². The molecule has 13 heteroatoms. The van der Waals surface area contributed by atoms with Crippen LogP contribution in [0.1, 0.15) is 5.69 Å². The van der Waals surface area contributed by atoms with Crippen molar-refractivity contribution in [1.29, 1.82) is 0 Å². The Morgan fingerprint density at radius 3 is 2.65 bits per heavy atom. The number of hydrogen-bond donors (Lipinski definition) is 4. The molecule has 110 valence electrons. The highest BCUT2D eigenvalue weighted by Gasteiger charge is 2.33. The lowest BCUT2D eigenvalue weighted by Gasteiger charge is -2.20. The van der Waals surface area contributed by atoms with E-state index in [9.17, 15) is 9.13 Å². The maximum Gasteiger partial charge on any atom is 0.481 e. The van der Waals surface area contributed by atoms with E-state index < -0.39 is 28.4 Å². The van der Waals surface area contributed by atoms with Crippen molar-refractivity contribution in [1.82, 2.24) is 9.97 Å². The fraction of sp³-hybridized carbons (Fsp3) is 0.286. The monoisotopic (exact) mass is 324 g/mol. The Kier molecular flexibility index (Phi) is 4.31. The SMILES string of the molecule is O=P(O)(O)OP(=O)(O)OCC1N=Cc2nccnc2N1. The van der Waals surface area contributed by atoms with Crippen LogP contribution in [-0.2, 0) is 18.0 Å². The lowest BCUT2D eigenvalue weighted by atomic mass is 10.3. The Labute approximate surface area is 112 Å². The maximum absolute atomic E-state index is 11.2. The number of aromatic nitrogens is 2. The van der Waals surface area contributed by atoms with Crippen molar-refractivity contribution in [2.75, 3.05) is 11.9 Å². The van der Waals surface area contributed by atoms with Crippen molar-refractivity contribution in [3.63, 3.8) is 0 Å². The smallest absolute Gasteiger partial charge is 0.345 e. The predicted octanol–water partition coefficient (Wildman–Crippen LogP) is -0.127. The van der Waals surface area contributed by atoms with E-state index in [1.807, 2.05) is 0 Å². The van der Waals surface area contributed by atoms with Crippen LogP contribution in [0.15, 0.2) is 17.4 Å². The molecule has 0 saturated carbocycles. The number of rotatable bonds is 5. The van der Waals surface area contributed by atoms with Crippen LogP contribution in [0, 0.1) is 0 Å². The molecule has 2 atom stereocenters. The molecule has 1 aromatic rings. The van der Waals surface area contributed by atoms with Gasteiger partial charge in [0.25, 0.3) is 0 Å². The zero-order valence-corrected chi connectivity index (χ0v) is 11.5. The normalized spacial score (nSPS) is 20.9. The summed E-state index contributed by atoms with van der Waals surface area (Å²) in [5.74, 6) is 0.403. The van der Waals surface area contributed by atoms with Gasteiger partial charge in [0.15, 0.2) is 5.82 Å². The number of anilines is 1. The van der Waals surface area contributed by atoms with Gasteiger partial charge in [-0.15, -0.1) is 0 Å². The molecule has 2 rings (SSSR count). The quantitative estimate of drug-likeness (QED) is 0.536. The Hall–Kier alpha value is -1.19. The Morgan fingerprint density at radius 1 is 1.25 bits per heavy atom. The van der Waals surface area contributed by atoms with Crippen molar-refractivity contribution in [2.24, 2.45) is 4.99 Å². The van der Waals surface area contributed by atoms with E-state index in [0.717, 1.165) is 0 Å². The van der Waals surface area contributed by atoms with Crippen LogP contribution in [0.5, 0.6) is 0 Å². The maximum atomic E-state index is 11.2. The summed E-state index contributed by atoms with van der Waals surface area (Å²) in [7, 11) is -10.0. The van der Waals surface area contributed by atoms with Gasteiger partial charge in [-0.1, -0.05) is 0 Å². The molecule has 2 unspecified atom stereocenters. The summed E-state index contributed by atoms with van der Waals surface area (Å²) < 4.78 is 29.8. The number of aliphatic imine (C=N–C) groups is 1. The highest BCUT2D eigenvalue weighted by molar-refractivity contribution is 7.60. The minimum Gasteiger partial charge on any atom is -0.345 e.